The molecule has 9 nitrogen and oxygen atoms in total. The van der Waals surface area contributed by atoms with Crippen LogP contribution < -0.4 is 14.8 Å². The Labute approximate surface area is 228 Å². The number of ether oxygens (including phenoxy) is 3. The highest BCUT2D eigenvalue weighted by Gasteiger charge is 2.35. The maximum Gasteiger partial charge on any atom is 0.373 e. The topological polar surface area (TPSA) is 107 Å². The summed E-state index contributed by atoms with van der Waals surface area (Å²) in [4.78, 5) is 38.4. The fraction of sp³-hybridized carbons (Fsp3) is 0.138. The first kappa shape index (κ1) is 25.9. The van der Waals surface area contributed by atoms with E-state index in [0.717, 1.165) is 21.2 Å². The van der Waals surface area contributed by atoms with Gasteiger partial charge in [0.1, 0.15) is 18.1 Å². The van der Waals surface area contributed by atoms with Gasteiger partial charge in [0.2, 0.25) is 5.76 Å². The molecule has 0 radical (unpaired) electrons. The van der Waals surface area contributed by atoms with Crippen LogP contribution in [-0.4, -0.2) is 37.0 Å². The molecule has 2 heterocycles. The Hall–Kier alpha value is -4.76. The molecule has 39 heavy (non-hydrogen) atoms. The second-order valence-electron chi connectivity index (χ2n) is 8.59. The maximum absolute atomic E-state index is 13.1. The number of nitrogens with one attached hydrogen (secondary N) is 1. The van der Waals surface area contributed by atoms with Gasteiger partial charge in [-0.1, -0.05) is 54.1 Å². The van der Waals surface area contributed by atoms with E-state index >= 15 is 0 Å². The van der Waals surface area contributed by atoms with E-state index in [0.29, 0.717) is 22.1 Å². The van der Waals surface area contributed by atoms with Gasteiger partial charge in [-0.25, -0.2) is 9.59 Å². The van der Waals surface area contributed by atoms with Crippen molar-refractivity contribution in [2.45, 2.75) is 13.2 Å². The minimum Gasteiger partial charge on any atom is -0.493 e. The van der Waals surface area contributed by atoms with Gasteiger partial charge in [-0.05, 0) is 40.6 Å². The fourth-order valence-electron chi connectivity index (χ4n) is 4.27. The number of hydrogen-bond donors (Lipinski definition) is 1. The number of amides is 3. The quantitative estimate of drug-likeness (QED) is 0.175. The van der Waals surface area contributed by atoms with Crippen LogP contribution in [0.4, 0.5) is 4.79 Å². The zero-order valence-electron chi connectivity index (χ0n) is 21.0. The van der Waals surface area contributed by atoms with Crippen molar-refractivity contribution < 1.29 is 33.0 Å². The molecule has 0 atom stereocenters. The van der Waals surface area contributed by atoms with Gasteiger partial charge in [-0.2, -0.15) is 0 Å². The van der Waals surface area contributed by atoms with E-state index in [4.69, 9.17) is 25.5 Å². The molecule has 198 valence electrons. The minimum atomic E-state index is -0.662. The van der Waals surface area contributed by atoms with Crippen LogP contribution in [-0.2, 0) is 22.7 Å². The van der Waals surface area contributed by atoms with Crippen LogP contribution >= 0.6 is 11.6 Å². The van der Waals surface area contributed by atoms with Crippen molar-refractivity contribution >= 4 is 46.4 Å². The average Bonchev–Trinajstić information content (AvgIpc) is 3.52. The number of nitrogens with zero attached hydrogens (tertiary/aromatic N) is 1. The fourth-order valence-corrected chi connectivity index (χ4v) is 4.49. The average molecular weight is 547 g/mol. The summed E-state index contributed by atoms with van der Waals surface area (Å²) in [7, 11) is 2.72. The Morgan fingerprint density at radius 3 is 2.64 bits per heavy atom. The summed E-state index contributed by atoms with van der Waals surface area (Å²) in [5, 5.41) is 5.06. The van der Waals surface area contributed by atoms with Gasteiger partial charge in [0.05, 0.1) is 20.8 Å². The number of hydrogen-bond acceptors (Lipinski definition) is 7. The van der Waals surface area contributed by atoms with Crippen LogP contribution in [0.1, 0.15) is 27.4 Å². The number of carbonyl (C=O) groups is 3. The van der Waals surface area contributed by atoms with E-state index in [2.05, 4.69) is 10.1 Å². The third-order valence-corrected chi connectivity index (χ3v) is 6.36. The van der Waals surface area contributed by atoms with Crippen molar-refractivity contribution in [3.05, 3.63) is 100 Å². The molecule has 5 rings (SSSR count). The van der Waals surface area contributed by atoms with E-state index in [1.165, 1.54) is 32.4 Å². The monoisotopic (exact) mass is 546 g/mol. The number of esters is 1. The van der Waals surface area contributed by atoms with Gasteiger partial charge in [0, 0.05) is 16.7 Å². The van der Waals surface area contributed by atoms with Crippen molar-refractivity contribution in [3.63, 3.8) is 0 Å². The molecule has 1 saturated heterocycles. The van der Waals surface area contributed by atoms with Crippen LogP contribution in [0.3, 0.4) is 0 Å². The summed E-state index contributed by atoms with van der Waals surface area (Å²) < 4.78 is 21.7. The van der Waals surface area contributed by atoms with Crippen molar-refractivity contribution in [1.29, 1.82) is 0 Å². The lowest BCUT2D eigenvalue weighted by molar-refractivity contribution is -0.123. The standard InChI is InChI=1S/C29H23ClN2O7/c1-36-25-14-20(30)12-19(26(25)38-16-18-8-5-7-17-6-3-4-9-22(17)18)13-23-27(33)32(29(35)31-23)15-21-10-11-24(39-21)28(34)37-2/h3-14H,15-16H2,1-2H3,(H,31,35)/b23-13+. The SMILES string of the molecule is COC(=O)c1ccc(CN2C(=O)N/C(=C/c3cc(Cl)cc(OC)c3OCc3cccc4ccccc34)C2=O)o1. The molecular formula is C29H23ClN2O7. The molecule has 1 aliphatic rings. The highest BCUT2D eigenvalue weighted by molar-refractivity contribution is 6.31. The number of urea groups is 1. The Balaban J connectivity index is 1.42. The lowest BCUT2D eigenvalue weighted by atomic mass is 10.1. The second kappa shape index (κ2) is 10.9. The highest BCUT2D eigenvalue weighted by atomic mass is 35.5. The first-order valence-electron chi connectivity index (χ1n) is 11.9. The first-order valence-corrected chi connectivity index (χ1v) is 12.2. The molecule has 0 unspecified atom stereocenters. The van der Waals surface area contributed by atoms with E-state index in [-0.39, 0.29) is 30.4 Å². The van der Waals surface area contributed by atoms with Gasteiger partial charge < -0.3 is 23.9 Å². The third-order valence-electron chi connectivity index (χ3n) is 6.14. The summed E-state index contributed by atoms with van der Waals surface area (Å²) in [6.45, 7) is 0.0469. The van der Waals surface area contributed by atoms with Gasteiger partial charge in [0.25, 0.3) is 5.91 Å². The van der Waals surface area contributed by atoms with Gasteiger partial charge >= 0.3 is 12.0 Å². The van der Waals surface area contributed by atoms with Crippen LogP contribution in [0.15, 0.2) is 76.8 Å². The molecule has 1 fully saturated rings. The van der Waals surface area contributed by atoms with Crippen LogP contribution in [0.2, 0.25) is 5.02 Å². The number of benzene rings is 3. The van der Waals surface area contributed by atoms with Crippen molar-refractivity contribution in [3.8, 4) is 11.5 Å². The summed E-state index contributed by atoms with van der Waals surface area (Å²) in [5.74, 6) is -0.316. The maximum atomic E-state index is 13.1. The van der Waals surface area contributed by atoms with Crippen molar-refractivity contribution in [2.75, 3.05) is 14.2 Å². The van der Waals surface area contributed by atoms with Gasteiger partial charge in [-0.3, -0.25) is 9.69 Å². The molecule has 1 aliphatic heterocycles. The summed E-state index contributed by atoms with van der Waals surface area (Å²) >= 11 is 6.32. The smallest absolute Gasteiger partial charge is 0.373 e. The van der Waals surface area contributed by atoms with Gasteiger partial charge in [-0.15, -0.1) is 0 Å². The predicted octanol–water partition coefficient (Wildman–Crippen LogP) is 5.55. The lowest BCUT2D eigenvalue weighted by Crippen LogP contribution is -2.30. The third kappa shape index (κ3) is 5.30. The van der Waals surface area contributed by atoms with E-state index in [1.54, 1.807) is 12.1 Å². The molecule has 0 aliphatic carbocycles. The van der Waals surface area contributed by atoms with Crippen molar-refractivity contribution in [2.24, 2.45) is 0 Å². The lowest BCUT2D eigenvalue weighted by Gasteiger charge is -2.15. The molecule has 1 N–H and O–H groups in total. The predicted molar refractivity (Wildman–Crippen MR) is 143 cm³/mol. The molecule has 0 spiro atoms. The molecule has 0 bridgehead atoms. The summed E-state index contributed by atoms with van der Waals surface area (Å²) in [5.41, 5.74) is 1.42. The van der Waals surface area contributed by atoms with Crippen molar-refractivity contribution in [1.82, 2.24) is 10.2 Å². The number of furan rings is 1. The normalized spacial score (nSPS) is 14.1. The first-order chi connectivity index (χ1) is 18.9. The molecule has 1 aromatic heterocycles. The zero-order valence-corrected chi connectivity index (χ0v) is 21.8. The Morgan fingerprint density at radius 2 is 1.85 bits per heavy atom. The summed E-state index contributed by atoms with van der Waals surface area (Å²) in [6, 6.07) is 19.4. The van der Waals surface area contributed by atoms with E-state index in [1.807, 2.05) is 42.5 Å². The van der Waals surface area contributed by atoms with Crippen LogP contribution in [0, 0.1) is 0 Å². The number of rotatable bonds is 8. The van der Waals surface area contributed by atoms with E-state index < -0.39 is 17.9 Å². The highest BCUT2D eigenvalue weighted by Crippen LogP contribution is 2.37. The number of imide groups is 1. The second-order valence-corrected chi connectivity index (χ2v) is 9.03. The number of fused-ring (bicyclic) bond motifs is 1. The molecule has 3 amide bonds. The molecule has 3 aromatic carbocycles. The number of halogens is 1. The van der Waals surface area contributed by atoms with Crippen LogP contribution in [0.25, 0.3) is 16.8 Å². The number of methoxy groups -OCH3 is 2. The minimum absolute atomic E-state index is 0.0130. The largest absolute Gasteiger partial charge is 0.493 e. The molecular weight excluding hydrogens is 524 g/mol. The Morgan fingerprint density at radius 1 is 1.05 bits per heavy atom. The Bertz CT molecular complexity index is 1620. The molecule has 4 aromatic rings. The number of carbonyl (C=O) groups excluding carboxylic acids is 3. The molecule has 0 saturated carbocycles. The Kier molecular flexibility index (Phi) is 7.25. The van der Waals surface area contributed by atoms with Crippen LogP contribution in [0.5, 0.6) is 11.5 Å². The van der Waals surface area contributed by atoms with E-state index in [9.17, 15) is 14.4 Å². The summed E-state index contributed by atoms with van der Waals surface area (Å²) in [6.07, 6.45) is 1.48. The molecule has 10 heteroatoms. The van der Waals surface area contributed by atoms with Gasteiger partial charge in [0.15, 0.2) is 11.5 Å². The zero-order chi connectivity index (χ0) is 27.5.